The zero-order valence-corrected chi connectivity index (χ0v) is 17.1. The van der Waals surface area contributed by atoms with E-state index in [1.807, 2.05) is 13.0 Å². The van der Waals surface area contributed by atoms with Gasteiger partial charge in [0.25, 0.3) is 0 Å². The average Bonchev–Trinajstić information content (AvgIpc) is 3.17. The monoisotopic (exact) mass is 423 g/mol. The van der Waals surface area contributed by atoms with Crippen LogP contribution >= 0.6 is 23.2 Å². The summed E-state index contributed by atoms with van der Waals surface area (Å²) in [7, 11) is 1.54. The summed E-state index contributed by atoms with van der Waals surface area (Å²) in [6, 6.07) is 5.28. The van der Waals surface area contributed by atoms with E-state index in [4.69, 9.17) is 37.1 Å². The zero-order chi connectivity index (χ0) is 20.3. The molecule has 0 fully saturated rings. The predicted octanol–water partition coefficient (Wildman–Crippen LogP) is 4.17. The normalized spacial score (nSPS) is 19.5. The fourth-order valence-corrected chi connectivity index (χ4v) is 3.75. The van der Waals surface area contributed by atoms with Gasteiger partial charge in [-0.3, -0.25) is 9.79 Å². The highest BCUT2D eigenvalue weighted by molar-refractivity contribution is 6.42. The minimum Gasteiger partial charge on any atom is -0.463 e. The Kier molecular flexibility index (Phi) is 6.49. The van der Waals surface area contributed by atoms with Gasteiger partial charge in [-0.15, -0.1) is 10.2 Å². The van der Waals surface area contributed by atoms with Gasteiger partial charge >= 0.3 is 5.97 Å². The van der Waals surface area contributed by atoms with Gasteiger partial charge < -0.3 is 13.9 Å². The molecule has 2 unspecified atom stereocenters. The lowest BCUT2D eigenvalue weighted by atomic mass is 9.75. The van der Waals surface area contributed by atoms with Crippen LogP contribution in [0.5, 0.6) is 0 Å². The van der Waals surface area contributed by atoms with Gasteiger partial charge in [-0.05, 0) is 25.5 Å². The van der Waals surface area contributed by atoms with Gasteiger partial charge in [-0.1, -0.05) is 35.3 Å². The molecule has 1 aliphatic rings. The third kappa shape index (κ3) is 3.97. The maximum atomic E-state index is 13.0. The summed E-state index contributed by atoms with van der Waals surface area (Å²) in [5.74, 6) is -1.44. The van der Waals surface area contributed by atoms with Crippen molar-refractivity contribution in [2.24, 2.45) is 10.9 Å². The third-order valence-corrected chi connectivity index (χ3v) is 5.35. The molecule has 0 spiro atoms. The molecule has 0 saturated carbocycles. The Morgan fingerprint density at radius 2 is 2.04 bits per heavy atom. The Morgan fingerprint density at radius 3 is 2.71 bits per heavy atom. The first-order valence-electron chi connectivity index (χ1n) is 8.57. The van der Waals surface area contributed by atoms with E-state index in [1.165, 1.54) is 13.5 Å². The molecule has 7 nitrogen and oxygen atoms in total. The Morgan fingerprint density at radius 1 is 1.25 bits per heavy atom. The summed E-state index contributed by atoms with van der Waals surface area (Å²) in [6.45, 7) is 4.03. The molecule has 28 heavy (non-hydrogen) atoms. The molecule has 0 saturated heterocycles. The fraction of sp³-hybridized carbons (Fsp3) is 0.368. The van der Waals surface area contributed by atoms with Crippen molar-refractivity contribution in [3.63, 3.8) is 0 Å². The molecule has 2 atom stereocenters. The lowest BCUT2D eigenvalue weighted by molar-refractivity contribution is -0.147. The van der Waals surface area contributed by atoms with E-state index < -0.39 is 17.8 Å². The van der Waals surface area contributed by atoms with Crippen molar-refractivity contribution in [1.29, 1.82) is 0 Å². The quantitative estimate of drug-likeness (QED) is 0.511. The standard InChI is InChI=1S/C19H19Cl2N3O4/c1-10-14(18-24-22-9-28-18)16(12-5-4-6-13(20)17(12)21)15(11(2)23-10)19(25)27-8-7-26-3/h4-6,9,15-16H,7-8H2,1-3H3. The molecule has 2 heterocycles. The molecule has 0 N–H and O–H groups in total. The second-order valence-corrected chi connectivity index (χ2v) is 7.04. The number of aliphatic imine (C=N–C) groups is 1. The van der Waals surface area contributed by atoms with E-state index in [9.17, 15) is 4.79 Å². The van der Waals surface area contributed by atoms with Crippen LogP contribution in [-0.4, -0.2) is 42.2 Å². The number of rotatable bonds is 6. The number of hydrogen-bond donors (Lipinski definition) is 0. The topological polar surface area (TPSA) is 86.8 Å². The number of allylic oxidation sites excluding steroid dienone is 2. The smallest absolute Gasteiger partial charge is 0.315 e. The van der Waals surface area contributed by atoms with Crippen molar-refractivity contribution in [3.8, 4) is 0 Å². The van der Waals surface area contributed by atoms with Gasteiger partial charge in [-0.2, -0.15) is 0 Å². The Labute approximate surface area is 172 Å². The highest BCUT2D eigenvalue weighted by Crippen LogP contribution is 2.47. The van der Waals surface area contributed by atoms with Gasteiger partial charge in [0, 0.05) is 30.0 Å². The number of nitrogens with zero attached hydrogens (tertiary/aromatic N) is 3. The molecule has 0 amide bonds. The predicted molar refractivity (Wildman–Crippen MR) is 106 cm³/mol. The van der Waals surface area contributed by atoms with Gasteiger partial charge in [0.2, 0.25) is 12.3 Å². The summed E-state index contributed by atoms with van der Waals surface area (Å²) in [4.78, 5) is 17.5. The first-order valence-corrected chi connectivity index (χ1v) is 9.33. The van der Waals surface area contributed by atoms with Crippen LogP contribution in [0.15, 0.2) is 39.7 Å². The van der Waals surface area contributed by atoms with Gasteiger partial charge in [0.15, 0.2) is 0 Å². The third-order valence-electron chi connectivity index (χ3n) is 4.52. The molecule has 0 bridgehead atoms. The van der Waals surface area contributed by atoms with Crippen molar-refractivity contribution < 1.29 is 18.7 Å². The molecule has 3 rings (SSSR count). The van der Waals surface area contributed by atoms with Crippen molar-refractivity contribution in [2.75, 3.05) is 20.3 Å². The summed E-state index contributed by atoms with van der Waals surface area (Å²) in [5, 5.41) is 8.51. The minimum atomic E-state index is -0.724. The van der Waals surface area contributed by atoms with Crippen LogP contribution in [0.2, 0.25) is 10.0 Å². The second-order valence-electron chi connectivity index (χ2n) is 6.25. The van der Waals surface area contributed by atoms with Gasteiger partial charge in [0.1, 0.15) is 12.5 Å². The Bertz CT molecular complexity index is 925. The molecule has 0 aliphatic carbocycles. The number of hydrogen-bond acceptors (Lipinski definition) is 7. The van der Waals surface area contributed by atoms with Crippen molar-refractivity contribution in [1.82, 2.24) is 10.2 Å². The lowest BCUT2D eigenvalue weighted by Crippen LogP contribution is -2.34. The first-order chi connectivity index (χ1) is 13.5. The Balaban J connectivity index is 2.14. The highest BCUT2D eigenvalue weighted by Gasteiger charge is 2.42. The van der Waals surface area contributed by atoms with Crippen LogP contribution in [0.25, 0.3) is 5.57 Å². The summed E-state index contributed by atoms with van der Waals surface area (Å²) in [5.41, 5.74) is 2.53. The molecule has 9 heteroatoms. The van der Waals surface area contributed by atoms with Gasteiger partial charge in [0.05, 0.1) is 16.7 Å². The SMILES string of the molecule is COCCOC(=O)C1C(C)=NC(C)=C(c2nnco2)C1c1cccc(Cl)c1Cl. The summed E-state index contributed by atoms with van der Waals surface area (Å²) < 4.78 is 15.8. The second kappa shape index (κ2) is 8.86. The van der Waals surface area contributed by atoms with Crippen LogP contribution in [0.3, 0.4) is 0 Å². The van der Waals surface area contributed by atoms with E-state index >= 15 is 0 Å². The van der Waals surface area contributed by atoms with Crippen LogP contribution < -0.4 is 0 Å². The number of benzene rings is 1. The fourth-order valence-electron chi connectivity index (χ4n) is 3.32. The minimum absolute atomic E-state index is 0.133. The molecule has 2 aromatic rings. The number of halogens is 2. The largest absolute Gasteiger partial charge is 0.463 e. The molecule has 1 aromatic heterocycles. The number of aromatic nitrogens is 2. The number of carbonyl (C=O) groups excluding carboxylic acids is 1. The number of carbonyl (C=O) groups is 1. The highest BCUT2D eigenvalue weighted by atomic mass is 35.5. The zero-order valence-electron chi connectivity index (χ0n) is 15.6. The molecular formula is C19H19Cl2N3O4. The van der Waals surface area contributed by atoms with Crippen LogP contribution in [0.4, 0.5) is 0 Å². The lowest BCUT2D eigenvalue weighted by Gasteiger charge is -2.31. The van der Waals surface area contributed by atoms with E-state index in [2.05, 4.69) is 15.2 Å². The maximum absolute atomic E-state index is 13.0. The molecule has 1 aliphatic heterocycles. The number of esters is 1. The van der Waals surface area contributed by atoms with Crippen LogP contribution in [0, 0.1) is 5.92 Å². The van der Waals surface area contributed by atoms with E-state index in [0.29, 0.717) is 39.2 Å². The summed E-state index contributed by atoms with van der Waals surface area (Å²) >= 11 is 12.8. The molecule has 0 radical (unpaired) electrons. The number of methoxy groups -OCH3 is 1. The van der Waals surface area contributed by atoms with Crippen molar-refractivity contribution in [2.45, 2.75) is 19.8 Å². The maximum Gasteiger partial charge on any atom is 0.315 e. The molecule has 1 aromatic carbocycles. The van der Waals surface area contributed by atoms with Crippen molar-refractivity contribution >= 4 is 40.5 Å². The van der Waals surface area contributed by atoms with E-state index in [-0.39, 0.29) is 12.5 Å². The number of ether oxygens (including phenoxy) is 2. The average molecular weight is 424 g/mol. The van der Waals surface area contributed by atoms with E-state index in [1.54, 1.807) is 19.1 Å². The van der Waals surface area contributed by atoms with Crippen molar-refractivity contribution in [3.05, 3.63) is 51.8 Å². The summed E-state index contributed by atoms with van der Waals surface area (Å²) in [6.07, 6.45) is 1.23. The van der Waals surface area contributed by atoms with Crippen LogP contribution in [-0.2, 0) is 14.3 Å². The van der Waals surface area contributed by atoms with Crippen LogP contribution in [0.1, 0.15) is 31.2 Å². The Hall–Kier alpha value is -2.22. The first kappa shape index (κ1) is 20.5. The van der Waals surface area contributed by atoms with Gasteiger partial charge in [-0.25, -0.2) is 0 Å². The molecule has 148 valence electrons. The van der Waals surface area contributed by atoms with E-state index in [0.717, 1.165) is 0 Å². The molecular weight excluding hydrogens is 405 g/mol.